The number of ketones is 1. The Morgan fingerprint density at radius 3 is 2.31 bits per heavy atom. The van der Waals surface area contributed by atoms with E-state index < -0.39 is 17.7 Å². The fraction of sp³-hybridized carbons (Fsp3) is 0.269. The number of ether oxygens (including phenoxy) is 3. The third-order valence-electron chi connectivity index (χ3n) is 6.01. The van der Waals surface area contributed by atoms with Crippen molar-refractivity contribution in [3.05, 3.63) is 77.9 Å². The number of likely N-dealkylation sites (tertiary alicyclic amines) is 1. The standard InChI is InChI=1S/C26H27N3O6/c1-33-18-7-5-17(6-8-18)24(30)22-23(20-15-19(34-2)9-10-21(20)35-3)29(26(32)25(22)31)13-4-12-28-14-11-27-16-28/h5-11,14-16,23,30H,4,12-13H2,1-3H3/b24-22+. The monoisotopic (exact) mass is 477 g/mol. The maximum atomic E-state index is 13.3. The number of methoxy groups -OCH3 is 3. The summed E-state index contributed by atoms with van der Waals surface area (Å²) in [5.74, 6) is -0.0888. The van der Waals surface area contributed by atoms with Gasteiger partial charge in [0.1, 0.15) is 23.0 Å². The van der Waals surface area contributed by atoms with Crippen LogP contribution in [0.1, 0.15) is 23.6 Å². The molecule has 0 aliphatic carbocycles. The second-order valence-corrected chi connectivity index (χ2v) is 7.98. The quantitative estimate of drug-likeness (QED) is 0.286. The number of rotatable bonds is 9. The van der Waals surface area contributed by atoms with Crippen LogP contribution in [0, 0.1) is 0 Å². The summed E-state index contributed by atoms with van der Waals surface area (Å²) in [6, 6.07) is 10.9. The number of Topliss-reactive ketones (excluding diaryl/α,β-unsaturated/α-hetero) is 1. The SMILES string of the molecule is COc1ccc(/C(O)=C2\C(=O)C(=O)N(CCCn3ccnc3)C2c2cc(OC)ccc2OC)cc1. The highest BCUT2D eigenvalue weighted by Gasteiger charge is 2.47. The summed E-state index contributed by atoms with van der Waals surface area (Å²) in [7, 11) is 4.59. The number of carbonyl (C=O) groups excluding carboxylic acids is 2. The van der Waals surface area contributed by atoms with E-state index in [0.29, 0.717) is 41.3 Å². The van der Waals surface area contributed by atoms with Gasteiger partial charge in [0, 0.05) is 36.6 Å². The molecule has 9 nitrogen and oxygen atoms in total. The minimum Gasteiger partial charge on any atom is -0.507 e. The molecule has 1 aliphatic rings. The third kappa shape index (κ3) is 4.70. The molecule has 1 N–H and O–H groups in total. The highest BCUT2D eigenvalue weighted by molar-refractivity contribution is 6.46. The predicted octanol–water partition coefficient (Wildman–Crippen LogP) is 3.42. The minimum atomic E-state index is -0.857. The Bertz CT molecular complexity index is 1230. The topological polar surface area (TPSA) is 103 Å². The number of carbonyl (C=O) groups is 2. The lowest BCUT2D eigenvalue weighted by molar-refractivity contribution is -0.140. The van der Waals surface area contributed by atoms with Crippen molar-refractivity contribution in [1.82, 2.24) is 14.5 Å². The molecule has 2 heterocycles. The van der Waals surface area contributed by atoms with Crippen molar-refractivity contribution in [2.45, 2.75) is 19.0 Å². The van der Waals surface area contributed by atoms with Crippen LogP contribution in [0.2, 0.25) is 0 Å². The number of hydrogen-bond acceptors (Lipinski definition) is 7. The van der Waals surface area contributed by atoms with E-state index in [4.69, 9.17) is 14.2 Å². The van der Waals surface area contributed by atoms with Crippen molar-refractivity contribution in [2.75, 3.05) is 27.9 Å². The van der Waals surface area contributed by atoms with E-state index in [-0.39, 0.29) is 17.9 Å². The van der Waals surface area contributed by atoms with Gasteiger partial charge in [-0.1, -0.05) is 0 Å². The van der Waals surface area contributed by atoms with Crippen LogP contribution in [0.25, 0.3) is 5.76 Å². The predicted molar refractivity (Wildman–Crippen MR) is 128 cm³/mol. The number of nitrogens with zero attached hydrogens (tertiary/aromatic N) is 3. The third-order valence-corrected chi connectivity index (χ3v) is 6.01. The molecule has 1 atom stereocenters. The lowest BCUT2D eigenvalue weighted by Gasteiger charge is -2.27. The summed E-state index contributed by atoms with van der Waals surface area (Å²) in [4.78, 5) is 32.0. The molecule has 1 saturated heterocycles. The normalized spacial score (nSPS) is 17.0. The van der Waals surface area contributed by atoms with E-state index in [9.17, 15) is 14.7 Å². The Morgan fingerprint density at radius 2 is 1.69 bits per heavy atom. The first-order valence-electron chi connectivity index (χ1n) is 11.1. The zero-order chi connectivity index (χ0) is 24.9. The number of amides is 1. The molecule has 1 aliphatic heterocycles. The first kappa shape index (κ1) is 23.9. The van der Waals surface area contributed by atoms with E-state index in [1.54, 1.807) is 62.1 Å². The zero-order valence-electron chi connectivity index (χ0n) is 19.8. The number of aliphatic hydroxyl groups is 1. The summed E-state index contributed by atoms with van der Waals surface area (Å²) in [5.41, 5.74) is 0.937. The second kappa shape index (κ2) is 10.3. The number of hydrogen-bond donors (Lipinski definition) is 1. The van der Waals surface area contributed by atoms with Gasteiger partial charge in [-0.15, -0.1) is 0 Å². The molecule has 0 saturated carbocycles. The Balaban J connectivity index is 1.80. The summed E-state index contributed by atoms with van der Waals surface area (Å²) in [6.07, 6.45) is 5.79. The van der Waals surface area contributed by atoms with E-state index >= 15 is 0 Å². The van der Waals surface area contributed by atoms with Crippen LogP contribution in [0.3, 0.4) is 0 Å². The Hall–Kier alpha value is -4.27. The summed E-state index contributed by atoms with van der Waals surface area (Å²) in [5, 5.41) is 11.2. The van der Waals surface area contributed by atoms with Gasteiger partial charge >= 0.3 is 0 Å². The number of aliphatic hydroxyl groups excluding tert-OH is 1. The van der Waals surface area contributed by atoms with Crippen molar-refractivity contribution < 1.29 is 28.9 Å². The van der Waals surface area contributed by atoms with Gasteiger partial charge in [-0.25, -0.2) is 4.98 Å². The lowest BCUT2D eigenvalue weighted by Crippen LogP contribution is -2.31. The van der Waals surface area contributed by atoms with E-state index in [1.807, 2.05) is 10.8 Å². The fourth-order valence-corrected chi connectivity index (χ4v) is 4.23. The minimum absolute atomic E-state index is 0.00523. The molecule has 9 heteroatoms. The zero-order valence-corrected chi connectivity index (χ0v) is 19.8. The molecule has 0 spiro atoms. The molecule has 2 aromatic carbocycles. The van der Waals surface area contributed by atoms with E-state index in [2.05, 4.69) is 4.98 Å². The van der Waals surface area contributed by atoms with Gasteiger partial charge in [0.25, 0.3) is 11.7 Å². The van der Waals surface area contributed by atoms with Crippen LogP contribution in [0.15, 0.2) is 66.8 Å². The Labute approximate surface area is 203 Å². The molecule has 35 heavy (non-hydrogen) atoms. The first-order chi connectivity index (χ1) is 17.0. The van der Waals surface area contributed by atoms with Crippen LogP contribution in [-0.2, 0) is 16.1 Å². The van der Waals surface area contributed by atoms with Crippen molar-refractivity contribution in [3.63, 3.8) is 0 Å². The van der Waals surface area contributed by atoms with Gasteiger partial charge in [0.05, 0.1) is 39.3 Å². The van der Waals surface area contributed by atoms with Crippen molar-refractivity contribution >= 4 is 17.4 Å². The molecule has 1 aromatic heterocycles. The van der Waals surface area contributed by atoms with Crippen LogP contribution >= 0.6 is 0 Å². The second-order valence-electron chi connectivity index (χ2n) is 7.98. The number of aryl methyl sites for hydroxylation is 1. The first-order valence-corrected chi connectivity index (χ1v) is 11.1. The highest BCUT2D eigenvalue weighted by Crippen LogP contribution is 2.44. The Morgan fingerprint density at radius 1 is 0.971 bits per heavy atom. The maximum absolute atomic E-state index is 13.3. The molecule has 0 bridgehead atoms. The van der Waals surface area contributed by atoms with Crippen LogP contribution in [0.4, 0.5) is 0 Å². The Kier molecular flexibility index (Phi) is 7.05. The van der Waals surface area contributed by atoms with E-state index in [1.165, 1.54) is 19.1 Å². The van der Waals surface area contributed by atoms with E-state index in [0.717, 1.165) is 0 Å². The largest absolute Gasteiger partial charge is 0.507 e. The smallest absolute Gasteiger partial charge is 0.295 e. The van der Waals surface area contributed by atoms with Crippen molar-refractivity contribution in [2.24, 2.45) is 0 Å². The average Bonchev–Trinajstić information content (AvgIpc) is 3.50. The molecule has 1 amide bonds. The molecule has 1 unspecified atom stereocenters. The molecular formula is C26H27N3O6. The van der Waals surface area contributed by atoms with Gasteiger partial charge in [0.15, 0.2) is 0 Å². The van der Waals surface area contributed by atoms with Gasteiger partial charge in [-0.05, 0) is 48.9 Å². The average molecular weight is 478 g/mol. The molecule has 4 rings (SSSR count). The van der Waals surface area contributed by atoms with Crippen molar-refractivity contribution in [1.29, 1.82) is 0 Å². The highest BCUT2D eigenvalue weighted by atomic mass is 16.5. The molecule has 1 fully saturated rings. The number of benzene rings is 2. The van der Waals surface area contributed by atoms with Crippen LogP contribution in [0.5, 0.6) is 17.2 Å². The maximum Gasteiger partial charge on any atom is 0.295 e. The van der Waals surface area contributed by atoms with Gasteiger partial charge in [-0.2, -0.15) is 0 Å². The number of imidazole rings is 1. The molecule has 0 radical (unpaired) electrons. The summed E-state index contributed by atoms with van der Waals surface area (Å²) < 4.78 is 18.0. The summed E-state index contributed by atoms with van der Waals surface area (Å²) >= 11 is 0. The molecule has 3 aromatic rings. The van der Waals surface area contributed by atoms with Gasteiger partial charge in [0.2, 0.25) is 0 Å². The summed E-state index contributed by atoms with van der Waals surface area (Å²) in [6.45, 7) is 0.899. The van der Waals surface area contributed by atoms with Gasteiger partial charge in [-0.3, -0.25) is 9.59 Å². The fourth-order valence-electron chi connectivity index (χ4n) is 4.23. The van der Waals surface area contributed by atoms with Crippen LogP contribution in [-0.4, -0.2) is 59.1 Å². The lowest BCUT2D eigenvalue weighted by atomic mass is 9.94. The van der Waals surface area contributed by atoms with Gasteiger partial charge < -0.3 is 28.8 Å². The van der Waals surface area contributed by atoms with Crippen LogP contribution < -0.4 is 14.2 Å². The number of aromatic nitrogens is 2. The van der Waals surface area contributed by atoms with Crippen molar-refractivity contribution in [3.8, 4) is 17.2 Å². The molecule has 182 valence electrons. The molecular weight excluding hydrogens is 450 g/mol.